The van der Waals surface area contributed by atoms with Gasteiger partial charge < -0.3 is 30.7 Å². The molecule has 0 saturated heterocycles. The van der Waals surface area contributed by atoms with Crippen LogP contribution >= 0.6 is 0 Å². The smallest absolute Gasteiger partial charge is 0.408 e. The largest absolute Gasteiger partial charge is 0.466 e. The summed E-state index contributed by atoms with van der Waals surface area (Å²) in [4.78, 5) is 65.7. The Morgan fingerprint density at radius 3 is 2.12 bits per heavy atom. The van der Waals surface area contributed by atoms with E-state index in [1.54, 1.807) is 58.0 Å². The summed E-state index contributed by atoms with van der Waals surface area (Å²) >= 11 is 0. The molecule has 0 heterocycles. The number of esters is 1. The van der Waals surface area contributed by atoms with E-state index in [4.69, 9.17) is 15.2 Å². The van der Waals surface area contributed by atoms with Gasteiger partial charge in [0.15, 0.2) is 0 Å². The topological polar surface area (TPSA) is 157 Å². The van der Waals surface area contributed by atoms with E-state index < -0.39 is 53.5 Å². The Morgan fingerprint density at radius 1 is 0.951 bits per heavy atom. The van der Waals surface area contributed by atoms with Gasteiger partial charge in [0, 0.05) is 19.0 Å². The lowest BCUT2D eigenvalue weighted by atomic mass is 9.96. The molecule has 41 heavy (non-hydrogen) atoms. The fourth-order valence-electron chi connectivity index (χ4n) is 4.18. The fourth-order valence-corrected chi connectivity index (χ4v) is 4.18. The first-order chi connectivity index (χ1) is 19.2. The van der Waals surface area contributed by atoms with E-state index in [1.165, 1.54) is 4.90 Å². The molecule has 11 nitrogen and oxygen atoms in total. The third-order valence-corrected chi connectivity index (χ3v) is 6.14. The molecule has 3 atom stereocenters. The lowest BCUT2D eigenvalue weighted by Gasteiger charge is -2.38. The van der Waals surface area contributed by atoms with E-state index in [1.807, 2.05) is 6.92 Å². The van der Waals surface area contributed by atoms with Crippen LogP contribution in [0.25, 0.3) is 0 Å². The molecule has 0 aromatic heterocycles. The number of primary amides is 1. The summed E-state index contributed by atoms with van der Waals surface area (Å²) in [5, 5.41) is 5.36. The summed E-state index contributed by atoms with van der Waals surface area (Å²) in [6.07, 6.45) is 0.263. The second-order valence-corrected chi connectivity index (χ2v) is 11.4. The molecule has 0 spiro atoms. The van der Waals surface area contributed by atoms with Gasteiger partial charge in [-0.1, -0.05) is 44.2 Å². The Hall–Kier alpha value is -3.63. The summed E-state index contributed by atoms with van der Waals surface area (Å²) in [5.41, 5.74) is 5.11. The molecular weight excluding hydrogens is 528 g/mol. The van der Waals surface area contributed by atoms with Crippen molar-refractivity contribution in [1.82, 2.24) is 15.5 Å². The highest BCUT2D eigenvalue weighted by Crippen LogP contribution is 2.28. The maximum atomic E-state index is 14.3. The van der Waals surface area contributed by atoms with Crippen molar-refractivity contribution in [2.45, 2.75) is 104 Å². The summed E-state index contributed by atoms with van der Waals surface area (Å²) in [7, 11) is 0. The molecule has 0 aliphatic carbocycles. The molecule has 230 valence electrons. The molecule has 0 aliphatic rings. The van der Waals surface area contributed by atoms with Crippen LogP contribution in [-0.4, -0.2) is 65.5 Å². The molecule has 1 aromatic rings. The van der Waals surface area contributed by atoms with Crippen LogP contribution in [0.5, 0.6) is 0 Å². The molecule has 0 aliphatic heterocycles. The number of carbonyl (C=O) groups is 5. The van der Waals surface area contributed by atoms with Crippen LogP contribution in [0, 0.1) is 5.92 Å². The highest BCUT2D eigenvalue weighted by molar-refractivity contribution is 5.92. The molecule has 1 aromatic carbocycles. The second-order valence-electron chi connectivity index (χ2n) is 11.4. The van der Waals surface area contributed by atoms with Gasteiger partial charge in [0.2, 0.25) is 17.7 Å². The van der Waals surface area contributed by atoms with Gasteiger partial charge >= 0.3 is 12.1 Å². The molecule has 4 amide bonds. The van der Waals surface area contributed by atoms with Crippen molar-refractivity contribution in [1.29, 1.82) is 0 Å². The van der Waals surface area contributed by atoms with Gasteiger partial charge in [-0.2, -0.15) is 0 Å². The van der Waals surface area contributed by atoms with Gasteiger partial charge in [-0.3, -0.25) is 19.2 Å². The van der Waals surface area contributed by atoms with Crippen molar-refractivity contribution in [3.8, 4) is 0 Å². The molecule has 0 bridgehead atoms. The van der Waals surface area contributed by atoms with Gasteiger partial charge in [0.1, 0.15) is 17.7 Å². The van der Waals surface area contributed by atoms with Crippen molar-refractivity contribution in [2.24, 2.45) is 11.7 Å². The van der Waals surface area contributed by atoms with Crippen LogP contribution in [0.15, 0.2) is 30.3 Å². The molecule has 0 fully saturated rings. The molecule has 0 radical (unpaired) electrons. The van der Waals surface area contributed by atoms with Crippen molar-refractivity contribution >= 4 is 29.8 Å². The molecular formula is C30H48N4O7. The average molecular weight is 577 g/mol. The summed E-state index contributed by atoms with van der Waals surface area (Å²) < 4.78 is 10.3. The van der Waals surface area contributed by atoms with E-state index >= 15 is 0 Å². The number of alkyl carbamates (subject to hydrolysis) is 1. The first-order valence-corrected chi connectivity index (χ1v) is 14.2. The highest BCUT2D eigenvalue weighted by atomic mass is 16.6. The number of nitrogens with two attached hydrogens (primary N) is 1. The normalized spacial score (nSPS) is 13.5. The van der Waals surface area contributed by atoms with Gasteiger partial charge in [0.05, 0.1) is 13.0 Å². The Labute approximate surface area is 243 Å². The Kier molecular flexibility index (Phi) is 14.9. The first kappa shape index (κ1) is 35.4. The number of benzene rings is 1. The van der Waals surface area contributed by atoms with E-state index in [0.717, 1.165) is 6.42 Å². The minimum absolute atomic E-state index is 0.0185. The number of carbonyl (C=O) groups excluding carboxylic acids is 5. The molecule has 4 N–H and O–H groups in total. The number of rotatable bonds is 16. The number of nitrogens with zero attached hydrogens (tertiary/aromatic N) is 1. The van der Waals surface area contributed by atoms with Crippen LogP contribution in [0.2, 0.25) is 0 Å². The van der Waals surface area contributed by atoms with Crippen molar-refractivity contribution in [2.75, 3.05) is 13.2 Å². The number of hydrogen-bond donors (Lipinski definition) is 3. The monoisotopic (exact) mass is 576 g/mol. The SMILES string of the molecule is CCOC(=O)CCNC(=O)C(c1ccccc1)N(C(=O)C(CCC(N)=O)NC(=O)OC(C)(C)C)C(C)CCC(C)C. The van der Waals surface area contributed by atoms with Crippen molar-refractivity contribution in [3.63, 3.8) is 0 Å². The lowest BCUT2D eigenvalue weighted by Crippen LogP contribution is -2.55. The Bertz CT molecular complexity index is 1010. The Morgan fingerprint density at radius 2 is 1.59 bits per heavy atom. The zero-order valence-electron chi connectivity index (χ0n) is 25.5. The number of amides is 4. The first-order valence-electron chi connectivity index (χ1n) is 14.2. The lowest BCUT2D eigenvalue weighted by molar-refractivity contribution is -0.146. The van der Waals surface area contributed by atoms with E-state index in [0.29, 0.717) is 17.9 Å². The van der Waals surface area contributed by atoms with Crippen molar-refractivity contribution < 1.29 is 33.4 Å². The van der Waals surface area contributed by atoms with E-state index in [9.17, 15) is 24.0 Å². The molecule has 0 saturated carbocycles. The van der Waals surface area contributed by atoms with Gasteiger partial charge in [0.25, 0.3) is 0 Å². The van der Waals surface area contributed by atoms with Crippen LogP contribution in [0.3, 0.4) is 0 Å². The highest BCUT2D eigenvalue weighted by Gasteiger charge is 2.38. The molecule has 1 rings (SSSR count). The van der Waals surface area contributed by atoms with Crippen molar-refractivity contribution in [3.05, 3.63) is 35.9 Å². The van der Waals surface area contributed by atoms with E-state index in [-0.39, 0.29) is 32.4 Å². The van der Waals surface area contributed by atoms with Gasteiger partial charge in [-0.05, 0) is 65.4 Å². The van der Waals surface area contributed by atoms with Crippen LogP contribution in [-0.2, 0) is 28.7 Å². The maximum Gasteiger partial charge on any atom is 0.408 e. The number of hydrogen-bond acceptors (Lipinski definition) is 7. The summed E-state index contributed by atoms with van der Waals surface area (Å²) in [6, 6.07) is 6.12. The average Bonchev–Trinajstić information content (AvgIpc) is 2.87. The number of nitrogens with one attached hydrogen (secondary N) is 2. The van der Waals surface area contributed by atoms with Crippen LogP contribution in [0.4, 0.5) is 4.79 Å². The molecule has 3 unspecified atom stereocenters. The second kappa shape index (κ2) is 17.2. The summed E-state index contributed by atoms with van der Waals surface area (Å²) in [5.74, 6) is -1.78. The Balaban J connectivity index is 3.51. The minimum atomic E-state index is -1.18. The summed E-state index contributed by atoms with van der Waals surface area (Å²) in [6.45, 7) is 13.0. The minimum Gasteiger partial charge on any atom is -0.466 e. The van der Waals surface area contributed by atoms with Crippen LogP contribution < -0.4 is 16.4 Å². The number of ether oxygens (including phenoxy) is 2. The quantitative estimate of drug-likeness (QED) is 0.254. The van der Waals surface area contributed by atoms with Gasteiger partial charge in [-0.15, -0.1) is 0 Å². The maximum absolute atomic E-state index is 14.3. The third-order valence-electron chi connectivity index (χ3n) is 6.14. The van der Waals surface area contributed by atoms with E-state index in [2.05, 4.69) is 24.5 Å². The predicted molar refractivity (Wildman–Crippen MR) is 155 cm³/mol. The zero-order chi connectivity index (χ0) is 31.2. The van der Waals surface area contributed by atoms with Gasteiger partial charge in [-0.25, -0.2) is 4.79 Å². The standard InChI is InChI=1S/C30H48N4O7/c1-8-40-25(36)18-19-32-27(37)26(22-12-10-9-11-13-22)34(21(4)15-14-20(2)3)28(38)23(16-17-24(31)35)33-29(39)41-30(5,6)7/h9-13,20-21,23,26H,8,14-19H2,1-7H3,(H2,31,35)(H,32,37)(H,33,39). The third kappa shape index (κ3) is 13.5. The zero-order valence-corrected chi connectivity index (χ0v) is 25.5. The molecule has 11 heteroatoms. The van der Waals surface area contributed by atoms with Crippen LogP contribution in [0.1, 0.15) is 92.2 Å². The fraction of sp³-hybridized carbons (Fsp3) is 0.633. The predicted octanol–water partition coefficient (Wildman–Crippen LogP) is 3.61.